The fourth-order valence-corrected chi connectivity index (χ4v) is 4.44. The Bertz CT molecular complexity index is 1030. The highest BCUT2D eigenvalue weighted by atomic mass is 32.1. The molecule has 1 saturated carbocycles. The molecule has 0 unspecified atom stereocenters. The smallest absolute Gasteiger partial charge is 0.344 e. The molecule has 4 N–H and O–H groups in total. The maximum atomic E-state index is 14.0. The molecule has 1 aromatic heterocycles. The predicted molar refractivity (Wildman–Crippen MR) is 121 cm³/mol. The SMILES string of the molecule is Cc1cc(F)c(COc2nsc(NC(=O)NCCCNC3CCCCC3)c2C(=O)O)c(F)c1F. The molecule has 1 aliphatic rings. The van der Waals surface area contributed by atoms with E-state index in [1.165, 1.54) is 39.0 Å². The van der Waals surface area contributed by atoms with Crippen molar-refractivity contribution in [3.05, 3.63) is 40.2 Å². The molecule has 186 valence electrons. The van der Waals surface area contributed by atoms with Gasteiger partial charge < -0.3 is 20.5 Å². The molecule has 1 aromatic carbocycles. The number of aryl methyl sites for hydroxylation is 1. The fourth-order valence-electron chi connectivity index (χ4n) is 3.72. The van der Waals surface area contributed by atoms with Crippen molar-refractivity contribution in [2.75, 3.05) is 18.4 Å². The van der Waals surface area contributed by atoms with Gasteiger partial charge in [-0.3, -0.25) is 5.32 Å². The number of anilines is 1. The highest BCUT2D eigenvalue weighted by molar-refractivity contribution is 7.11. The molecule has 3 rings (SSSR count). The minimum atomic E-state index is -1.45. The largest absolute Gasteiger partial charge is 0.477 e. The molecule has 1 fully saturated rings. The summed E-state index contributed by atoms with van der Waals surface area (Å²) in [6.07, 6.45) is 6.78. The molecule has 0 aliphatic heterocycles. The maximum Gasteiger partial charge on any atom is 0.344 e. The molecule has 1 heterocycles. The summed E-state index contributed by atoms with van der Waals surface area (Å²) in [6.45, 7) is 1.58. The zero-order valence-corrected chi connectivity index (χ0v) is 19.5. The molecular weight excluding hydrogens is 473 g/mol. The summed E-state index contributed by atoms with van der Waals surface area (Å²) in [4.78, 5) is 23.8. The van der Waals surface area contributed by atoms with Crippen molar-refractivity contribution in [2.45, 2.75) is 58.1 Å². The van der Waals surface area contributed by atoms with Gasteiger partial charge in [-0.2, -0.15) is 4.37 Å². The van der Waals surface area contributed by atoms with E-state index >= 15 is 0 Å². The van der Waals surface area contributed by atoms with Crippen molar-refractivity contribution in [2.24, 2.45) is 0 Å². The minimum Gasteiger partial charge on any atom is -0.477 e. The number of aromatic nitrogens is 1. The Kier molecular flexibility index (Phi) is 9.11. The number of ether oxygens (including phenoxy) is 1. The van der Waals surface area contributed by atoms with Gasteiger partial charge in [0.2, 0.25) is 5.88 Å². The van der Waals surface area contributed by atoms with Gasteiger partial charge in [0.05, 0.1) is 5.56 Å². The third-order valence-corrected chi connectivity index (χ3v) is 6.31. The second kappa shape index (κ2) is 12.0. The van der Waals surface area contributed by atoms with Gasteiger partial charge in [0, 0.05) is 12.6 Å². The highest BCUT2D eigenvalue weighted by Gasteiger charge is 2.25. The number of hydrogen-bond acceptors (Lipinski definition) is 6. The van der Waals surface area contributed by atoms with Crippen LogP contribution in [0.25, 0.3) is 0 Å². The summed E-state index contributed by atoms with van der Waals surface area (Å²) >= 11 is 0.643. The van der Waals surface area contributed by atoms with Gasteiger partial charge in [0.1, 0.15) is 17.4 Å². The number of amides is 2. The number of aromatic carboxylic acids is 1. The van der Waals surface area contributed by atoms with Crippen LogP contribution in [-0.2, 0) is 6.61 Å². The third-order valence-electron chi connectivity index (χ3n) is 5.57. The highest BCUT2D eigenvalue weighted by Crippen LogP contribution is 2.32. The molecule has 8 nitrogen and oxygen atoms in total. The Morgan fingerprint density at radius 3 is 2.62 bits per heavy atom. The number of carboxylic acids is 1. The van der Waals surface area contributed by atoms with E-state index in [-0.39, 0.29) is 10.6 Å². The Morgan fingerprint density at radius 1 is 1.18 bits per heavy atom. The van der Waals surface area contributed by atoms with Crippen LogP contribution in [0.4, 0.5) is 23.0 Å². The zero-order chi connectivity index (χ0) is 24.7. The average molecular weight is 501 g/mol. The van der Waals surface area contributed by atoms with Crippen LogP contribution >= 0.6 is 11.5 Å². The summed E-state index contributed by atoms with van der Waals surface area (Å²) in [5.74, 6) is -5.56. The van der Waals surface area contributed by atoms with Crippen LogP contribution in [0.5, 0.6) is 5.88 Å². The van der Waals surface area contributed by atoms with Gasteiger partial charge >= 0.3 is 12.0 Å². The van der Waals surface area contributed by atoms with Crippen molar-refractivity contribution in [3.63, 3.8) is 0 Å². The van der Waals surface area contributed by atoms with Gasteiger partial charge in [-0.25, -0.2) is 22.8 Å². The molecule has 0 atom stereocenters. The second-order valence-electron chi connectivity index (χ2n) is 8.09. The monoisotopic (exact) mass is 500 g/mol. The standard InChI is InChI=1S/C22H27F3N4O4S/c1-12-10-15(23)14(18(25)17(12)24)11-33-19-16(21(30)31)20(34-29-19)28-22(32)27-9-5-8-26-13-6-3-2-4-7-13/h10,13,26H,2-9,11H2,1H3,(H,30,31)(H2,27,28,32). The van der Waals surface area contributed by atoms with E-state index in [2.05, 4.69) is 20.3 Å². The molecule has 0 bridgehead atoms. The van der Waals surface area contributed by atoms with Crippen LogP contribution in [0.1, 0.15) is 60.0 Å². The molecule has 2 aromatic rings. The molecule has 1 aliphatic carbocycles. The fraction of sp³-hybridized carbons (Fsp3) is 0.500. The molecule has 12 heteroatoms. The summed E-state index contributed by atoms with van der Waals surface area (Å²) in [5, 5.41) is 17.9. The third kappa shape index (κ3) is 6.60. The van der Waals surface area contributed by atoms with Gasteiger partial charge in [-0.1, -0.05) is 19.3 Å². The number of carboxylic acid groups (broad SMARTS) is 1. The number of carbonyl (C=O) groups is 2. The normalized spacial score (nSPS) is 14.1. The lowest BCUT2D eigenvalue weighted by atomic mass is 9.95. The van der Waals surface area contributed by atoms with E-state index in [0.717, 1.165) is 12.6 Å². The number of rotatable bonds is 10. The van der Waals surface area contributed by atoms with Crippen molar-refractivity contribution >= 4 is 28.5 Å². The predicted octanol–water partition coefficient (Wildman–Crippen LogP) is 4.58. The van der Waals surface area contributed by atoms with Crippen LogP contribution in [0.15, 0.2) is 6.07 Å². The van der Waals surface area contributed by atoms with Crippen molar-refractivity contribution in [1.29, 1.82) is 0 Å². The molecule has 0 spiro atoms. The topological polar surface area (TPSA) is 113 Å². The number of urea groups is 1. The van der Waals surface area contributed by atoms with Gasteiger partial charge in [0.25, 0.3) is 0 Å². The summed E-state index contributed by atoms with van der Waals surface area (Å²) in [6, 6.07) is 0.723. The number of nitrogens with zero attached hydrogens (tertiary/aromatic N) is 1. The van der Waals surface area contributed by atoms with E-state index in [4.69, 9.17) is 4.74 Å². The minimum absolute atomic E-state index is 0.101. The van der Waals surface area contributed by atoms with Gasteiger partial charge in [-0.15, -0.1) is 0 Å². The zero-order valence-electron chi connectivity index (χ0n) is 18.7. The van der Waals surface area contributed by atoms with E-state index in [0.29, 0.717) is 30.5 Å². The first-order chi connectivity index (χ1) is 16.3. The van der Waals surface area contributed by atoms with Crippen LogP contribution in [0, 0.1) is 24.4 Å². The number of halogens is 3. The molecule has 34 heavy (non-hydrogen) atoms. The van der Waals surface area contributed by atoms with E-state index in [9.17, 15) is 27.9 Å². The van der Waals surface area contributed by atoms with E-state index in [1.807, 2.05) is 0 Å². The molecular formula is C22H27F3N4O4S. The molecule has 0 saturated heterocycles. The first-order valence-electron chi connectivity index (χ1n) is 11.0. The van der Waals surface area contributed by atoms with Gasteiger partial charge in [0.15, 0.2) is 17.2 Å². The lowest BCUT2D eigenvalue weighted by Crippen LogP contribution is -2.35. The number of nitrogens with one attached hydrogen (secondary N) is 3. The maximum absolute atomic E-state index is 14.0. The van der Waals surface area contributed by atoms with Crippen LogP contribution < -0.4 is 20.7 Å². The first-order valence-corrected chi connectivity index (χ1v) is 11.8. The Balaban J connectivity index is 1.53. The Labute approximate surface area is 199 Å². The second-order valence-corrected chi connectivity index (χ2v) is 8.86. The number of hydrogen-bond donors (Lipinski definition) is 4. The lowest BCUT2D eigenvalue weighted by molar-refractivity contribution is 0.0693. The summed E-state index contributed by atoms with van der Waals surface area (Å²) in [7, 11) is 0. The quantitative estimate of drug-likeness (QED) is 0.281. The first kappa shape index (κ1) is 25.8. The van der Waals surface area contributed by atoms with Crippen molar-refractivity contribution < 1.29 is 32.6 Å². The lowest BCUT2D eigenvalue weighted by Gasteiger charge is -2.22. The Hall–Kier alpha value is -2.86. The van der Waals surface area contributed by atoms with Crippen LogP contribution in [-0.4, -0.2) is 40.6 Å². The average Bonchev–Trinajstić information content (AvgIpc) is 3.20. The molecule has 0 radical (unpaired) electrons. The summed E-state index contributed by atoms with van der Waals surface area (Å²) in [5.41, 5.74) is -1.37. The van der Waals surface area contributed by atoms with E-state index < -0.39 is 53.1 Å². The van der Waals surface area contributed by atoms with Crippen LogP contribution in [0.2, 0.25) is 0 Å². The molecule has 2 amide bonds. The van der Waals surface area contributed by atoms with Crippen LogP contribution in [0.3, 0.4) is 0 Å². The van der Waals surface area contributed by atoms with Crippen molar-refractivity contribution in [1.82, 2.24) is 15.0 Å². The van der Waals surface area contributed by atoms with Gasteiger partial charge in [-0.05, 0) is 55.9 Å². The Morgan fingerprint density at radius 2 is 1.91 bits per heavy atom. The van der Waals surface area contributed by atoms with E-state index in [1.54, 1.807) is 0 Å². The van der Waals surface area contributed by atoms with Crippen molar-refractivity contribution in [3.8, 4) is 5.88 Å². The number of carbonyl (C=O) groups excluding carboxylic acids is 1. The summed E-state index contributed by atoms with van der Waals surface area (Å²) < 4.78 is 50.8. The number of benzene rings is 1.